The maximum atomic E-state index is 12.4. The maximum Gasteiger partial charge on any atom is 0.257 e. The minimum Gasteiger partial charge on any atom is -0.494 e. The van der Waals surface area contributed by atoms with Crippen molar-refractivity contribution in [1.29, 1.82) is 0 Å². The van der Waals surface area contributed by atoms with Gasteiger partial charge in [0.15, 0.2) is 15.0 Å². The molecule has 1 N–H and O–H groups in total. The molecule has 0 unspecified atom stereocenters. The van der Waals surface area contributed by atoms with Crippen LogP contribution in [0, 0.1) is 0 Å². The lowest BCUT2D eigenvalue weighted by atomic mass is 10.2. The van der Waals surface area contributed by atoms with Gasteiger partial charge in [0.2, 0.25) is 0 Å². The van der Waals surface area contributed by atoms with Gasteiger partial charge in [-0.15, -0.1) is 0 Å². The number of carbonyl (C=O) groups is 1. The van der Waals surface area contributed by atoms with Gasteiger partial charge in [0.05, 0.1) is 21.7 Å². The Kier molecular flexibility index (Phi) is 4.68. The molecule has 3 aromatic rings. The molecule has 6 nitrogen and oxygen atoms in total. The molecule has 0 spiro atoms. The van der Waals surface area contributed by atoms with E-state index >= 15 is 0 Å². The van der Waals surface area contributed by atoms with Crippen molar-refractivity contribution in [3.63, 3.8) is 0 Å². The molecule has 1 aromatic heterocycles. The second kappa shape index (κ2) is 6.62. The lowest BCUT2D eigenvalue weighted by Crippen LogP contribution is -2.12. The molecule has 130 valence electrons. The summed E-state index contributed by atoms with van der Waals surface area (Å²) >= 11 is 7.19. The highest BCUT2D eigenvalue weighted by Crippen LogP contribution is 2.32. The topological polar surface area (TPSA) is 85.4 Å². The lowest BCUT2D eigenvalue weighted by Gasteiger charge is -2.06. The quantitative estimate of drug-likeness (QED) is 0.728. The number of benzene rings is 2. The summed E-state index contributed by atoms with van der Waals surface area (Å²) in [5.74, 6) is 0.139. The van der Waals surface area contributed by atoms with Crippen LogP contribution in [-0.2, 0) is 9.84 Å². The molecule has 0 saturated heterocycles. The van der Waals surface area contributed by atoms with E-state index in [4.69, 9.17) is 16.3 Å². The largest absolute Gasteiger partial charge is 0.494 e. The summed E-state index contributed by atoms with van der Waals surface area (Å²) < 4.78 is 29.6. The number of hydrogen-bond donors (Lipinski definition) is 1. The van der Waals surface area contributed by atoms with Gasteiger partial charge in [0.1, 0.15) is 11.3 Å². The number of fused-ring (bicyclic) bond motifs is 1. The number of nitrogens with zero attached hydrogens (tertiary/aromatic N) is 1. The Balaban J connectivity index is 1.93. The highest BCUT2D eigenvalue weighted by molar-refractivity contribution is 7.90. The van der Waals surface area contributed by atoms with Crippen molar-refractivity contribution < 1.29 is 17.9 Å². The van der Waals surface area contributed by atoms with Gasteiger partial charge in [-0.05, 0) is 30.3 Å². The van der Waals surface area contributed by atoms with Gasteiger partial charge in [0, 0.05) is 11.8 Å². The Bertz CT molecular complexity index is 1080. The zero-order valence-electron chi connectivity index (χ0n) is 13.2. The zero-order valence-corrected chi connectivity index (χ0v) is 15.6. The van der Waals surface area contributed by atoms with E-state index < -0.39 is 15.7 Å². The van der Waals surface area contributed by atoms with E-state index in [1.165, 1.54) is 29.5 Å². The number of ether oxygens (including phenoxy) is 1. The van der Waals surface area contributed by atoms with E-state index in [9.17, 15) is 13.2 Å². The third kappa shape index (κ3) is 3.60. The first-order valence-electron chi connectivity index (χ1n) is 7.04. The number of hydrogen-bond acceptors (Lipinski definition) is 6. The van der Waals surface area contributed by atoms with Crippen molar-refractivity contribution >= 4 is 54.0 Å². The smallest absolute Gasteiger partial charge is 0.257 e. The van der Waals surface area contributed by atoms with Crippen LogP contribution in [0.4, 0.5) is 5.13 Å². The molecule has 2 aromatic carbocycles. The number of aromatic nitrogens is 1. The Hall–Kier alpha value is -2.16. The third-order valence-electron chi connectivity index (χ3n) is 3.42. The van der Waals surface area contributed by atoms with Crippen molar-refractivity contribution in [2.75, 3.05) is 18.7 Å². The first-order valence-corrected chi connectivity index (χ1v) is 10.1. The van der Waals surface area contributed by atoms with Gasteiger partial charge in [-0.2, -0.15) is 0 Å². The van der Waals surface area contributed by atoms with Crippen molar-refractivity contribution in [3.05, 3.63) is 47.0 Å². The van der Waals surface area contributed by atoms with Crippen LogP contribution in [0.2, 0.25) is 5.02 Å². The number of nitrogens with one attached hydrogen (secondary N) is 1. The number of thiazole rings is 1. The lowest BCUT2D eigenvalue weighted by molar-refractivity contribution is 0.102. The highest BCUT2D eigenvalue weighted by atomic mass is 35.5. The van der Waals surface area contributed by atoms with Crippen LogP contribution in [-0.4, -0.2) is 32.7 Å². The molecular weight excluding hydrogens is 384 g/mol. The Morgan fingerprint density at radius 2 is 2.04 bits per heavy atom. The summed E-state index contributed by atoms with van der Waals surface area (Å²) in [7, 11) is -1.98. The minimum absolute atomic E-state index is 0.0729. The van der Waals surface area contributed by atoms with Crippen LogP contribution in [0.5, 0.6) is 5.75 Å². The number of sulfone groups is 1. The fraction of sp³-hybridized carbons (Fsp3) is 0.125. The monoisotopic (exact) mass is 396 g/mol. The number of methoxy groups -OCH3 is 1. The van der Waals surface area contributed by atoms with Crippen LogP contribution >= 0.6 is 22.9 Å². The van der Waals surface area contributed by atoms with Gasteiger partial charge < -0.3 is 4.74 Å². The zero-order chi connectivity index (χ0) is 18.2. The van der Waals surface area contributed by atoms with Gasteiger partial charge in [-0.25, -0.2) is 13.4 Å². The fourth-order valence-electron chi connectivity index (χ4n) is 2.24. The molecule has 0 bridgehead atoms. The highest BCUT2D eigenvalue weighted by Gasteiger charge is 2.17. The minimum atomic E-state index is -3.53. The summed E-state index contributed by atoms with van der Waals surface area (Å²) in [5, 5.41) is 3.13. The average molecular weight is 397 g/mol. The summed E-state index contributed by atoms with van der Waals surface area (Å²) in [6.45, 7) is 0. The van der Waals surface area contributed by atoms with Crippen LogP contribution < -0.4 is 10.1 Å². The van der Waals surface area contributed by atoms with E-state index in [1.54, 1.807) is 13.2 Å². The predicted octanol–water partition coefficient (Wildman–Crippen LogP) is 3.61. The second-order valence-electron chi connectivity index (χ2n) is 5.20. The molecular formula is C16H13ClN2O4S2. The molecule has 1 heterocycles. The summed E-state index contributed by atoms with van der Waals surface area (Å²) in [6, 6.07) is 9.58. The van der Waals surface area contributed by atoms with E-state index in [0.29, 0.717) is 16.4 Å². The van der Waals surface area contributed by atoms with E-state index in [2.05, 4.69) is 10.3 Å². The third-order valence-corrected chi connectivity index (χ3v) is 5.93. The number of amides is 1. The van der Waals surface area contributed by atoms with Gasteiger partial charge in [-0.3, -0.25) is 10.1 Å². The van der Waals surface area contributed by atoms with E-state index in [-0.39, 0.29) is 15.5 Å². The first-order chi connectivity index (χ1) is 11.8. The van der Waals surface area contributed by atoms with Crippen molar-refractivity contribution in [2.45, 2.75) is 4.90 Å². The van der Waals surface area contributed by atoms with Crippen molar-refractivity contribution in [1.82, 2.24) is 4.98 Å². The van der Waals surface area contributed by atoms with E-state index in [0.717, 1.165) is 11.0 Å². The normalized spacial score (nSPS) is 11.5. The summed E-state index contributed by atoms with van der Waals surface area (Å²) in [6.07, 6.45) is 1.04. The van der Waals surface area contributed by atoms with Crippen LogP contribution in [0.3, 0.4) is 0 Å². The van der Waals surface area contributed by atoms with Gasteiger partial charge in [-0.1, -0.05) is 29.0 Å². The van der Waals surface area contributed by atoms with Crippen LogP contribution in [0.15, 0.2) is 41.3 Å². The maximum absolute atomic E-state index is 12.4. The Morgan fingerprint density at radius 1 is 1.28 bits per heavy atom. The second-order valence-corrected chi connectivity index (χ2v) is 8.62. The standard InChI is InChI=1S/C16H13ClN2O4S2/c1-23-11-4-3-5-12-14(11)18-16(24-12)19-15(20)9-6-7-10(17)13(8-9)25(2,21)22/h3-8H,1-2H3,(H,18,19,20). The van der Waals surface area contributed by atoms with Crippen molar-refractivity contribution in [3.8, 4) is 5.75 Å². The number of halogens is 1. The molecule has 0 saturated carbocycles. The number of carbonyl (C=O) groups excluding carboxylic acids is 1. The molecule has 0 aliphatic carbocycles. The molecule has 3 rings (SSSR count). The molecule has 25 heavy (non-hydrogen) atoms. The molecule has 0 aliphatic rings. The molecule has 0 aliphatic heterocycles. The number of rotatable bonds is 4. The predicted molar refractivity (Wildman–Crippen MR) is 98.7 cm³/mol. The summed E-state index contributed by atoms with van der Waals surface area (Å²) in [4.78, 5) is 16.7. The SMILES string of the molecule is COc1cccc2sc(NC(=O)c3ccc(Cl)c(S(C)(=O)=O)c3)nc12. The average Bonchev–Trinajstić information content (AvgIpc) is 2.96. The molecule has 0 radical (unpaired) electrons. The van der Waals surface area contributed by atoms with E-state index in [1.807, 2.05) is 12.1 Å². The Morgan fingerprint density at radius 3 is 2.72 bits per heavy atom. The van der Waals surface area contributed by atoms with Gasteiger partial charge >= 0.3 is 0 Å². The molecule has 1 amide bonds. The first kappa shape index (κ1) is 17.7. The number of anilines is 1. The van der Waals surface area contributed by atoms with Crippen molar-refractivity contribution in [2.24, 2.45) is 0 Å². The van der Waals surface area contributed by atoms with Crippen LogP contribution in [0.25, 0.3) is 10.2 Å². The molecule has 9 heteroatoms. The van der Waals surface area contributed by atoms with Crippen LogP contribution in [0.1, 0.15) is 10.4 Å². The number of para-hydroxylation sites is 1. The molecule has 0 fully saturated rings. The van der Waals surface area contributed by atoms with Gasteiger partial charge in [0.25, 0.3) is 5.91 Å². The Labute approximate surface area is 153 Å². The molecule has 0 atom stereocenters. The summed E-state index contributed by atoms with van der Waals surface area (Å²) in [5.41, 5.74) is 0.828. The fourth-order valence-corrected chi connectivity index (χ4v) is 4.42.